The summed E-state index contributed by atoms with van der Waals surface area (Å²) in [7, 11) is 0. The Hall–Kier alpha value is -0.250. The number of halogens is 1. The van der Waals surface area contributed by atoms with Crippen LogP contribution in [-0.4, -0.2) is 17.0 Å². The molecule has 1 atom stereocenters. The molecule has 118 valence electrons. The fourth-order valence-electron chi connectivity index (χ4n) is 2.98. The molecule has 0 aromatic heterocycles. The Morgan fingerprint density at radius 2 is 1.52 bits per heavy atom. The van der Waals surface area contributed by atoms with Crippen LogP contribution in [0.2, 0.25) is 0 Å². The van der Waals surface area contributed by atoms with Crippen molar-refractivity contribution < 1.29 is 0 Å². The molecule has 0 spiro atoms. The molecule has 1 aromatic rings. The van der Waals surface area contributed by atoms with Crippen LogP contribution in [0.15, 0.2) is 18.2 Å². The summed E-state index contributed by atoms with van der Waals surface area (Å²) in [5.74, 6) is 0. The minimum Gasteiger partial charge on any atom is -0.368 e. The van der Waals surface area contributed by atoms with Crippen LogP contribution in [0.1, 0.15) is 65.5 Å². The molecule has 1 aromatic carbocycles. The summed E-state index contributed by atoms with van der Waals surface area (Å²) in [5, 5.41) is 0. The summed E-state index contributed by atoms with van der Waals surface area (Å²) in [6.45, 7) is 15.1. The van der Waals surface area contributed by atoms with Crippen LogP contribution in [0.4, 0.5) is 5.69 Å². The molecule has 1 heterocycles. The van der Waals surface area contributed by atoms with E-state index in [0.717, 1.165) is 0 Å². The fourth-order valence-corrected chi connectivity index (χ4v) is 3.89. The zero-order chi connectivity index (χ0) is 15.8. The van der Waals surface area contributed by atoms with Gasteiger partial charge in [-0.3, -0.25) is 0 Å². The van der Waals surface area contributed by atoms with E-state index in [2.05, 4.69) is 87.2 Å². The van der Waals surface area contributed by atoms with Gasteiger partial charge in [0.15, 0.2) is 0 Å². The van der Waals surface area contributed by atoms with Crippen molar-refractivity contribution in [3.05, 3.63) is 29.3 Å². The van der Waals surface area contributed by atoms with Gasteiger partial charge < -0.3 is 4.90 Å². The van der Waals surface area contributed by atoms with Gasteiger partial charge in [-0.1, -0.05) is 70.2 Å². The molecule has 1 aliphatic heterocycles. The summed E-state index contributed by atoms with van der Waals surface area (Å²) >= 11 is 2.54. The fraction of sp³-hybridized carbons (Fsp3) is 0.684. The van der Waals surface area contributed by atoms with E-state index in [1.165, 1.54) is 40.6 Å². The van der Waals surface area contributed by atoms with Gasteiger partial charge in [0.25, 0.3) is 0 Å². The third kappa shape index (κ3) is 3.94. The first-order valence-corrected chi connectivity index (χ1v) is 9.64. The lowest BCUT2D eigenvalue weighted by atomic mass is 9.80. The second-order valence-corrected chi connectivity index (χ2v) is 9.29. The van der Waals surface area contributed by atoms with E-state index in [0.29, 0.717) is 6.04 Å². The molecule has 2 heteroatoms. The van der Waals surface area contributed by atoms with Crippen LogP contribution in [0.5, 0.6) is 0 Å². The zero-order valence-electron chi connectivity index (χ0n) is 14.5. The zero-order valence-corrected chi connectivity index (χ0v) is 16.6. The molecule has 0 saturated carbocycles. The topological polar surface area (TPSA) is 3.24 Å². The number of benzene rings is 1. The van der Waals surface area contributed by atoms with E-state index in [-0.39, 0.29) is 10.8 Å². The number of rotatable bonds is 2. The Morgan fingerprint density at radius 1 is 1.00 bits per heavy atom. The molecule has 0 aliphatic carbocycles. The molecule has 0 unspecified atom stereocenters. The third-order valence-corrected chi connectivity index (χ3v) is 5.55. The highest BCUT2D eigenvalue weighted by molar-refractivity contribution is 14.1. The lowest BCUT2D eigenvalue weighted by molar-refractivity contribution is 0.567. The Labute approximate surface area is 144 Å². The Balaban J connectivity index is 2.50. The first-order valence-electron chi connectivity index (χ1n) is 8.11. The van der Waals surface area contributed by atoms with Crippen molar-refractivity contribution in [2.75, 3.05) is 15.9 Å². The maximum atomic E-state index is 2.64. The standard InChI is InChI=1S/C19H30IN/c1-18(2,3)14-10-15(19(4,5)6)12-17(11-14)21-9-7-8-16(21)13-20/h10-12,16H,7-9,13H2,1-6H3/t16-/m0/s1. The summed E-state index contributed by atoms with van der Waals surface area (Å²) in [6, 6.07) is 7.99. The largest absolute Gasteiger partial charge is 0.368 e. The summed E-state index contributed by atoms with van der Waals surface area (Å²) in [6.07, 6.45) is 2.67. The van der Waals surface area contributed by atoms with Crippen molar-refractivity contribution in [1.29, 1.82) is 0 Å². The Morgan fingerprint density at radius 3 is 1.95 bits per heavy atom. The summed E-state index contributed by atoms with van der Waals surface area (Å²) in [5.41, 5.74) is 4.77. The number of hydrogen-bond acceptors (Lipinski definition) is 1. The molecule has 2 rings (SSSR count). The Kier molecular flexibility index (Phi) is 4.97. The normalized spacial score (nSPS) is 20.1. The predicted octanol–water partition coefficient (Wildman–Crippen LogP) is 5.69. The van der Waals surface area contributed by atoms with E-state index >= 15 is 0 Å². The maximum Gasteiger partial charge on any atom is 0.0380 e. The molecule has 1 saturated heterocycles. The summed E-state index contributed by atoms with van der Waals surface area (Å²) in [4.78, 5) is 2.64. The number of alkyl halides is 1. The van der Waals surface area contributed by atoms with Crippen LogP contribution < -0.4 is 4.90 Å². The Bertz CT molecular complexity index is 461. The van der Waals surface area contributed by atoms with Gasteiger partial charge in [0.2, 0.25) is 0 Å². The minimum absolute atomic E-state index is 0.204. The van der Waals surface area contributed by atoms with E-state index in [9.17, 15) is 0 Å². The van der Waals surface area contributed by atoms with Crippen molar-refractivity contribution in [2.24, 2.45) is 0 Å². The van der Waals surface area contributed by atoms with Gasteiger partial charge in [-0.25, -0.2) is 0 Å². The van der Waals surface area contributed by atoms with Crippen molar-refractivity contribution in [3.8, 4) is 0 Å². The smallest absolute Gasteiger partial charge is 0.0380 e. The average molecular weight is 399 g/mol. The van der Waals surface area contributed by atoms with Crippen molar-refractivity contribution in [3.63, 3.8) is 0 Å². The second kappa shape index (κ2) is 6.10. The number of hydrogen-bond donors (Lipinski definition) is 0. The molecule has 1 aliphatic rings. The quantitative estimate of drug-likeness (QED) is 0.457. The molecule has 0 radical (unpaired) electrons. The molecule has 21 heavy (non-hydrogen) atoms. The third-order valence-electron chi connectivity index (χ3n) is 4.54. The number of nitrogens with zero attached hydrogens (tertiary/aromatic N) is 1. The van der Waals surface area contributed by atoms with Crippen LogP contribution in [0, 0.1) is 0 Å². The first-order chi connectivity index (χ1) is 9.63. The van der Waals surface area contributed by atoms with Crippen LogP contribution in [0.3, 0.4) is 0 Å². The van der Waals surface area contributed by atoms with Crippen LogP contribution in [-0.2, 0) is 10.8 Å². The molecule has 0 amide bonds. The SMILES string of the molecule is CC(C)(C)c1cc(N2CCC[C@H]2CI)cc(C(C)(C)C)c1. The first kappa shape index (κ1) is 17.1. The molecule has 1 fully saturated rings. The summed E-state index contributed by atoms with van der Waals surface area (Å²) < 4.78 is 1.22. The minimum atomic E-state index is 0.204. The van der Waals surface area contributed by atoms with E-state index in [4.69, 9.17) is 0 Å². The van der Waals surface area contributed by atoms with Crippen LogP contribution >= 0.6 is 22.6 Å². The number of anilines is 1. The van der Waals surface area contributed by atoms with E-state index in [1.54, 1.807) is 0 Å². The van der Waals surface area contributed by atoms with Gasteiger partial charge in [0.1, 0.15) is 0 Å². The lowest BCUT2D eigenvalue weighted by Crippen LogP contribution is -2.31. The highest BCUT2D eigenvalue weighted by Crippen LogP contribution is 2.35. The van der Waals surface area contributed by atoms with Gasteiger partial charge in [-0.05, 0) is 46.9 Å². The lowest BCUT2D eigenvalue weighted by Gasteiger charge is -2.31. The van der Waals surface area contributed by atoms with E-state index < -0.39 is 0 Å². The van der Waals surface area contributed by atoms with Crippen LogP contribution in [0.25, 0.3) is 0 Å². The van der Waals surface area contributed by atoms with Gasteiger partial charge in [0.05, 0.1) is 0 Å². The average Bonchev–Trinajstić information content (AvgIpc) is 2.84. The van der Waals surface area contributed by atoms with Gasteiger partial charge in [-0.2, -0.15) is 0 Å². The van der Waals surface area contributed by atoms with Gasteiger partial charge in [0, 0.05) is 22.7 Å². The second-order valence-electron chi connectivity index (χ2n) is 8.41. The molecule has 0 N–H and O–H groups in total. The van der Waals surface area contributed by atoms with Gasteiger partial charge in [-0.15, -0.1) is 0 Å². The molecular weight excluding hydrogens is 369 g/mol. The van der Waals surface area contributed by atoms with E-state index in [1.807, 2.05) is 0 Å². The van der Waals surface area contributed by atoms with Gasteiger partial charge >= 0.3 is 0 Å². The predicted molar refractivity (Wildman–Crippen MR) is 103 cm³/mol. The molecular formula is C19H30IN. The molecule has 1 nitrogen and oxygen atoms in total. The highest BCUT2D eigenvalue weighted by atomic mass is 127. The maximum absolute atomic E-state index is 2.64. The van der Waals surface area contributed by atoms with Crippen molar-refractivity contribution >= 4 is 28.3 Å². The molecule has 0 bridgehead atoms. The van der Waals surface area contributed by atoms with Crippen molar-refractivity contribution in [2.45, 2.75) is 71.3 Å². The monoisotopic (exact) mass is 399 g/mol. The highest BCUT2D eigenvalue weighted by Gasteiger charge is 2.27. The van der Waals surface area contributed by atoms with Crippen molar-refractivity contribution in [1.82, 2.24) is 0 Å².